The lowest BCUT2D eigenvalue weighted by Gasteiger charge is -2.01. The van der Waals surface area contributed by atoms with Crippen LogP contribution in [0.3, 0.4) is 0 Å². The molecule has 0 aliphatic rings. The van der Waals surface area contributed by atoms with Crippen molar-refractivity contribution in [2.75, 3.05) is 0 Å². The predicted molar refractivity (Wildman–Crippen MR) is 61.3 cm³/mol. The van der Waals surface area contributed by atoms with Gasteiger partial charge in [0.2, 0.25) is 0 Å². The summed E-state index contributed by atoms with van der Waals surface area (Å²) in [5.74, 6) is -0.348. The third-order valence-electron chi connectivity index (χ3n) is 2.30. The molecule has 0 aliphatic heterocycles. The summed E-state index contributed by atoms with van der Waals surface area (Å²) in [6.45, 7) is 4.46. The molecule has 0 aliphatic carbocycles. The fraction of sp³-hybridized carbons (Fsp3) is 0.400. The summed E-state index contributed by atoms with van der Waals surface area (Å²) < 4.78 is 6.62. The van der Waals surface area contributed by atoms with Crippen LogP contribution >= 0.6 is 15.9 Å². The number of nitrogens with zero attached hydrogens (tertiary/aromatic N) is 2. The molecule has 0 aromatic carbocycles. The normalized spacial score (nSPS) is 13.3. The van der Waals surface area contributed by atoms with E-state index < -0.39 is 0 Å². The predicted octanol–water partition coefficient (Wildman–Crippen LogP) is 2.47. The maximum atomic E-state index is 11.4. The van der Waals surface area contributed by atoms with Gasteiger partial charge in [0.25, 0.3) is 0 Å². The lowest BCUT2D eigenvalue weighted by atomic mass is 10.2. The smallest absolute Gasteiger partial charge is 0.406 e. The van der Waals surface area contributed by atoms with Gasteiger partial charge in [0.1, 0.15) is 0 Å². The van der Waals surface area contributed by atoms with Gasteiger partial charge in [-0.25, -0.2) is 9.78 Å². The average Bonchev–Trinajstić information content (AvgIpc) is 2.51. The summed E-state index contributed by atoms with van der Waals surface area (Å²) in [7, 11) is 0. The van der Waals surface area contributed by atoms with Crippen molar-refractivity contribution in [1.29, 1.82) is 0 Å². The van der Waals surface area contributed by atoms with Crippen molar-refractivity contribution in [1.82, 2.24) is 9.55 Å². The van der Waals surface area contributed by atoms with E-state index in [1.54, 1.807) is 6.20 Å². The molecule has 2 aromatic heterocycles. The van der Waals surface area contributed by atoms with Gasteiger partial charge in [-0.1, -0.05) is 15.9 Å². The van der Waals surface area contributed by atoms with Crippen molar-refractivity contribution in [2.45, 2.75) is 25.2 Å². The molecule has 2 heterocycles. The van der Waals surface area contributed by atoms with E-state index in [1.807, 2.05) is 19.9 Å². The van der Waals surface area contributed by atoms with Crippen LogP contribution in [0.15, 0.2) is 21.5 Å². The topological polar surface area (TPSA) is 48.0 Å². The number of oxazole rings is 1. The van der Waals surface area contributed by atoms with Crippen LogP contribution in [0.5, 0.6) is 0 Å². The van der Waals surface area contributed by atoms with Crippen molar-refractivity contribution in [2.24, 2.45) is 0 Å². The van der Waals surface area contributed by atoms with Gasteiger partial charge in [-0.2, -0.15) is 0 Å². The first kappa shape index (κ1) is 10.4. The van der Waals surface area contributed by atoms with Crippen LogP contribution in [-0.4, -0.2) is 9.55 Å². The fourth-order valence-electron chi connectivity index (χ4n) is 1.46. The zero-order valence-electron chi connectivity index (χ0n) is 8.53. The lowest BCUT2D eigenvalue weighted by Crippen LogP contribution is -2.12. The van der Waals surface area contributed by atoms with Crippen LogP contribution in [0.4, 0.5) is 0 Å². The zero-order chi connectivity index (χ0) is 11.0. The number of aryl methyl sites for hydroxylation is 1. The Hall–Kier alpha value is -1.10. The Morgan fingerprint density at radius 1 is 1.67 bits per heavy atom. The molecule has 1 unspecified atom stereocenters. The minimum Gasteiger partial charge on any atom is -0.406 e. The maximum absolute atomic E-state index is 11.4. The number of aromatic nitrogens is 2. The van der Waals surface area contributed by atoms with Gasteiger partial charge in [0.15, 0.2) is 11.2 Å². The molecule has 2 rings (SSSR count). The van der Waals surface area contributed by atoms with Crippen LogP contribution in [0.1, 0.15) is 24.2 Å². The second-order valence-corrected chi connectivity index (χ2v) is 4.69. The van der Waals surface area contributed by atoms with Crippen LogP contribution in [0.2, 0.25) is 0 Å². The number of rotatable bonds is 2. The van der Waals surface area contributed by atoms with E-state index >= 15 is 0 Å². The number of hydrogen-bond donors (Lipinski definition) is 0. The molecule has 2 aromatic rings. The number of pyridine rings is 1. The summed E-state index contributed by atoms with van der Waals surface area (Å²) in [5, 5.41) is 0. The Morgan fingerprint density at radius 3 is 3.00 bits per heavy atom. The number of alkyl halides is 1. The summed E-state index contributed by atoms with van der Waals surface area (Å²) in [5.41, 5.74) is 2.16. The molecule has 0 amide bonds. The third-order valence-corrected chi connectivity index (χ3v) is 2.83. The molecule has 0 saturated carbocycles. The van der Waals surface area contributed by atoms with Crippen molar-refractivity contribution in [3.8, 4) is 0 Å². The molecular weight excluding hydrogens is 260 g/mol. The van der Waals surface area contributed by atoms with Gasteiger partial charge < -0.3 is 4.42 Å². The highest BCUT2D eigenvalue weighted by Crippen LogP contribution is 2.23. The second kappa shape index (κ2) is 3.81. The molecule has 0 spiro atoms. The summed E-state index contributed by atoms with van der Waals surface area (Å²) >= 11 is 3.44. The summed E-state index contributed by atoms with van der Waals surface area (Å²) in [6.07, 6.45) is 1.75. The minimum atomic E-state index is -0.348. The summed E-state index contributed by atoms with van der Waals surface area (Å²) in [4.78, 5) is 15.8. The van der Waals surface area contributed by atoms with Gasteiger partial charge >= 0.3 is 5.76 Å². The Bertz CT molecular complexity index is 542. The maximum Gasteiger partial charge on any atom is 0.421 e. The molecule has 0 fully saturated rings. The highest BCUT2D eigenvalue weighted by atomic mass is 79.9. The van der Waals surface area contributed by atoms with E-state index in [0.717, 1.165) is 5.56 Å². The quantitative estimate of drug-likeness (QED) is 0.788. The molecule has 5 heteroatoms. The molecule has 1 atom stereocenters. The second-order valence-electron chi connectivity index (χ2n) is 3.32. The van der Waals surface area contributed by atoms with E-state index in [1.165, 1.54) is 4.57 Å². The third kappa shape index (κ3) is 1.71. The van der Waals surface area contributed by atoms with Crippen molar-refractivity contribution < 1.29 is 4.42 Å². The Labute approximate surface area is 95.0 Å². The van der Waals surface area contributed by atoms with E-state index in [-0.39, 0.29) is 10.6 Å². The van der Waals surface area contributed by atoms with Crippen molar-refractivity contribution >= 4 is 27.2 Å². The number of fused-ring (bicyclic) bond motifs is 1. The Morgan fingerprint density at radius 2 is 2.40 bits per heavy atom. The van der Waals surface area contributed by atoms with Crippen molar-refractivity contribution in [3.63, 3.8) is 0 Å². The highest BCUT2D eigenvalue weighted by molar-refractivity contribution is 9.09. The Balaban J connectivity index is 2.70. The minimum absolute atomic E-state index is 0.199. The fourth-order valence-corrected chi connectivity index (χ4v) is 1.71. The summed E-state index contributed by atoms with van der Waals surface area (Å²) in [6, 6.07) is 1.84. The van der Waals surface area contributed by atoms with Gasteiger partial charge in [0, 0.05) is 17.6 Å². The molecule has 0 radical (unpaired) electrons. The largest absolute Gasteiger partial charge is 0.421 e. The lowest BCUT2D eigenvalue weighted by molar-refractivity contribution is 0.513. The van der Waals surface area contributed by atoms with E-state index in [0.29, 0.717) is 17.8 Å². The SMILES string of the molecule is CCn1c(=O)oc2cc(C(C)Br)cnc21. The van der Waals surface area contributed by atoms with Crippen LogP contribution in [-0.2, 0) is 6.54 Å². The first-order valence-corrected chi connectivity index (χ1v) is 5.68. The Kier molecular flexibility index (Phi) is 2.65. The van der Waals surface area contributed by atoms with Crippen molar-refractivity contribution in [3.05, 3.63) is 28.4 Å². The molecular formula is C10H11BrN2O2. The molecule has 0 bridgehead atoms. The molecule has 80 valence electrons. The van der Waals surface area contributed by atoms with E-state index in [9.17, 15) is 4.79 Å². The van der Waals surface area contributed by atoms with Crippen LogP contribution in [0.25, 0.3) is 11.2 Å². The first-order valence-electron chi connectivity index (χ1n) is 4.76. The molecule has 0 saturated heterocycles. The van der Waals surface area contributed by atoms with Crippen LogP contribution < -0.4 is 5.76 Å². The number of hydrogen-bond acceptors (Lipinski definition) is 3. The first-order chi connectivity index (χ1) is 7.13. The molecule has 15 heavy (non-hydrogen) atoms. The molecule has 0 N–H and O–H groups in total. The van der Waals surface area contributed by atoms with Gasteiger partial charge in [-0.15, -0.1) is 0 Å². The van der Waals surface area contributed by atoms with Gasteiger partial charge in [-0.3, -0.25) is 4.57 Å². The standard InChI is InChI=1S/C10H11BrN2O2/c1-3-13-9-8(15-10(13)14)4-7(5-12-9)6(2)11/h4-6H,3H2,1-2H3. The monoisotopic (exact) mass is 270 g/mol. The van der Waals surface area contributed by atoms with Gasteiger partial charge in [-0.05, 0) is 25.5 Å². The van der Waals surface area contributed by atoms with E-state index in [2.05, 4.69) is 20.9 Å². The average molecular weight is 271 g/mol. The van der Waals surface area contributed by atoms with E-state index in [4.69, 9.17) is 4.42 Å². The van der Waals surface area contributed by atoms with Crippen LogP contribution in [0, 0.1) is 0 Å². The zero-order valence-corrected chi connectivity index (χ0v) is 10.1. The molecule has 4 nitrogen and oxygen atoms in total. The highest BCUT2D eigenvalue weighted by Gasteiger charge is 2.11. The van der Waals surface area contributed by atoms with Gasteiger partial charge in [0.05, 0.1) is 0 Å². The number of halogens is 1.